The van der Waals surface area contributed by atoms with Gasteiger partial charge in [-0.25, -0.2) is 0 Å². The number of fused-ring (bicyclic) bond motifs is 1. The summed E-state index contributed by atoms with van der Waals surface area (Å²) in [7, 11) is 0. The van der Waals surface area contributed by atoms with Gasteiger partial charge >= 0.3 is 5.91 Å². The number of Topliss-reactive ketones (excluding diaryl/α,β-unsaturated/α-hetero) is 1. The van der Waals surface area contributed by atoms with Gasteiger partial charge in [0.05, 0.1) is 11.6 Å². The van der Waals surface area contributed by atoms with Crippen molar-refractivity contribution in [2.75, 3.05) is 18.1 Å². The van der Waals surface area contributed by atoms with E-state index in [0.29, 0.717) is 58.3 Å². The molecule has 4 aromatic carbocycles. The van der Waals surface area contributed by atoms with Crippen molar-refractivity contribution in [3.05, 3.63) is 130 Å². The van der Waals surface area contributed by atoms with Crippen molar-refractivity contribution in [3.8, 4) is 17.2 Å². The second-order valence-electron chi connectivity index (χ2n) is 11.0. The summed E-state index contributed by atoms with van der Waals surface area (Å²) in [5, 5.41) is 20.6. The molecule has 1 N–H and O–H groups in total. The summed E-state index contributed by atoms with van der Waals surface area (Å²) >= 11 is 2.72. The zero-order chi connectivity index (χ0) is 32.3. The largest absolute Gasteiger partial charge is 0.507 e. The van der Waals surface area contributed by atoms with Crippen molar-refractivity contribution >= 4 is 45.7 Å². The SMILES string of the molecule is Cc1ccc(CSc2nnc(N3C(=O)C(=O)C(=C(O)c4ccc5c(c4)OCCO5)[C@H]3c3cccc(OCc4ccccc4)c3)s2)cc1. The van der Waals surface area contributed by atoms with Gasteiger partial charge in [0.1, 0.15) is 31.3 Å². The number of carbonyl (C=O) groups is 2. The van der Waals surface area contributed by atoms with E-state index in [1.807, 2.05) is 43.3 Å². The molecule has 1 fully saturated rings. The maximum Gasteiger partial charge on any atom is 0.301 e. The molecule has 0 radical (unpaired) electrons. The zero-order valence-corrected chi connectivity index (χ0v) is 26.9. The fourth-order valence-electron chi connectivity index (χ4n) is 5.39. The van der Waals surface area contributed by atoms with E-state index in [-0.39, 0.29) is 16.5 Å². The Hall–Kier alpha value is -5.13. The van der Waals surface area contributed by atoms with Crippen LogP contribution in [-0.4, -0.2) is 40.2 Å². The fourth-order valence-corrected chi connectivity index (χ4v) is 7.22. The zero-order valence-electron chi connectivity index (χ0n) is 25.3. The molecule has 2 aliphatic heterocycles. The number of carbonyl (C=O) groups excluding carboxylic acids is 2. The van der Waals surface area contributed by atoms with Crippen molar-refractivity contribution in [2.24, 2.45) is 0 Å². The van der Waals surface area contributed by atoms with Crippen LogP contribution in [0.4, 0.5) is 5.13 Å². The van der Waals surface area contributed by atoms with Gasteiger partial charge < -0.3 is 19.3 Å². The van der Waals surface area contributed by atoms with Crippen molar-refractivity contribution < 1.29 is 28.9 Å². The summed E-state index contributed by atoms with van der Waals surface area (Å²) in [5.41, 5.74) is 4.11. The molecule has 0 bridgehead atoms. The highest BCUT2D eigenvalue weighted by molar-refractivity contribution is 8.00. The average Bonchev–Trinajstić information content (AvgIpc) is 3.68. The highest BCUT2D eigenvalue weighted by Crippen LogP contribution is 2.45. The number of thioether (sulfide) groups is 1. The molecule has 0 spiro atoms. The lowest BCUT2D eigenvalue weighted by atomic mass is 9.95. The molecule has 11 heteroatoms. The van der Waals surface area contributed by atoms with E-state index < -0.39 is 17.7 Å². The first kappa shape index (κ1) is 30.5. The van der Waals surface area contributed by atoms with Crippen LogP contribution >= 0.6 is 23.1 Å². The summed E-state index contributed by atoms with van der Waals surface area (Å²) in [5.74, 6) is 0.226. The van der Waals surface area contributed by atoms with E-state index >= 15 is 0 Å². The maximum atomic E-state index is 13.8. The lowest BCUT2D eigenvalue weighted by molar-refractivity contribution is -0.132. The van der Waals surface area contributed by atoms with Crippen molar-refractivity contribution in [1.82, 2.24) is 10.2 Å². The summed E-state index contributed by atoms with van der Waals surface area (Å²) in [4.78, 5) is 28.9. The van der Waals surface area contributed by atoms with E-state index in [0.717, 1.165) is 11.1 Å². The van der Waals surface area contributed by atoms with Gasteiger partial charge in [0, 0.05) is 11.3 Å². The summed E-state index contributed by atoms with van der Waals surface area (Å²) in [6, 6.07) is 29.1. The number of anilines is 1. The number of hydrogen-bond acceptors (Lipinski definition) is 10. The Labute approximate surface area is 279 Å². The normalized spacial score (nSPS) is 16.8. The molecule has 5 aromatic rings. The lowest BCUT2D eigenvalue weighted by Gasteiger charge is -2.23. The van der Waals surface area contributed by atoms with Crippen LogP contribution in [0.15, 0.2) is 107 Å². The molecule has 1 aromatic heterocycles. The number of ketones is 1. The number of ether oxygens (including phenoxy) is 3. The van der Waals surface area contributed by atoms with Crippen LogP contribution in [0.5, 0.6) is 17.2 Å². The molecule has 47 heavy (non-hydrogen) atoms. The van der Waals surface area contributed by atoms with Gasteiger partial charge in [-0.1, -0.05) is 95.4 Å². The minimum Gasteiger partial charge on any atom is -0.507 e. The Morgan fingerprint density at radius 1 is 0.915 bits per heavy atom. The summed E-state index contributed by atoms with van der Waals surface area (Å²) in [6.07, 6.45) is 0. The molecule has 9 nitrogen and oxygen atoms in total. The van der Waals surface area contributed by atoms with Gasteiger partial charge in [0.2, 0.25) is 5.13 Å². The molecule has 0 aliphatic carbocycles. The number of aromatic nitrogens is 2. The highest BCUT2D eigenvalue weighted by Gasteiger charge is 2.48. The minimum atomic E-state index is -0.994. The number of hydrogen-bond donors (Lipinski definition) is 1. The quantitative estimate of drug-likeness (QED) is 0.0580. The Morgan fingerprint density at radius 2 is 1.70 bits per heavy atom. The molecule has 1 amide bonds. The van der Waals surface area contributed by atoms with E-state index in [2.05, 4.69) is 34.5 Å². The van der Waals surface area contributed by atoms with Gasteiger partial charge in [-0.2, -0.15) is 0 Å². The number of nitrogens with zero attached hydrogens (tertiary/aromatic N) is 3. The van der Waals surface area contributed by atoms with Gasteiger partial charge in [-0.3, -0.25) is 14.5 Å². The number of aliphatic hydroxyl groups is 1. The average molecular weight is 664 g/mol. The smallest absolute Gasteiger partial charge is 0.301 e. The van der Waals surface area contributed by atoms with E-state index in [1.54, 1.807) is 36.4 Å². The first-order chi connectivity index (χ1) is 22.9. The molecule has 236 valence electrons. The van der Waals surface area contributed by atoms with Gasteiger partial charge in [0.25, 0.3) is 5.78 Å². The Bertz CT molecular complexity index is 1980. The van der Waals surface area contributed by atoms with Crippen molar-refractivity contribution in [3.63, 3.8) is 0 Å². The van der Waals surface area contributed by atoms with E-state index in [1.165, 1.54) is 33.6 Å². The fraction of sp³-hybridized carbons (Fsp3) is 0.167. The maximum absolute atomic E-state index is 13.8. The third-order valence-corrected chi connectivity index (χ3v) is 9.89. The molecule has 7 rings (SSSR count). The second kappa shape index (κ2) is 13.3. The van der Waals surface area contributed by atoms with Gasteiger partial charge in [-0.15, -0.1) is 10.2 Å². The molecule has 1 saturated heterocycles. The first-order valence-corrected chi connectivity index (χ1v) is 16.7. The number of aryl methyl sites for hydroxylation is 1. The Kier molecular flexibility index (Phi) is 8.64. The van der Waals surface area contributed by atoms with E-state index in [9.17, 15) is 14.7 Å². The molecule has 3 heterocycles. The van der Waals surface area contributed by atoms with Gasteiger partial charge in [-0.05, 0) is 53.9 Å². The number of amides is 1. The molecule has 0 unspecified atom stereocenters. The third kappa shape index (κ3) is 6.45. The van der Waals surface area contributed by atoms with Crippen LogP contribution in [0.25, 0.3) is 5.76 Å². The van der Waals surface area contributed by atoms with Gasteiger partial charge in [0.15, 0.2) is 15.8 Å². The third-order valence-electron chi connectivity index (χ3n) is 7.77. The topological polar surface area (TPSA) is 111 Å². The minimum absolute atomic E-state index is 0.0732. The van der Waals surface area contributed by atoms with Crippen LogP contribution in [-0.2, 0) is 21.9 Å². The standard InChI is InChI=1S/C36H29N3O6S2/c1-22-10-12-24(13-11-22)21-46-36-38-37-35(47-36)39-31(25-8-5-9-27(18-25)45-20-23-6-3-2-4-7-23)30(33(41)34(39)42)32(40)26-14-15-28-29(19-26)44-17-16-43-28/h2-15,18-19,31,40H,16-17,20-21H2,1H3/t31-/m1/s1. The summed E-state index contributed by atoms with van der Waals surface area (Å²) in [6.45, 7) is 3.15. The highest BCUT2D eigenvalue weighted by atomic mass is 32.2. The van der Waals surface area contributed by atoms with Crippen LogP contribution in [0.2, 0.25) is 0 Å². The van der Waals surface area contributed by atoms with Crippen LogP contribution < -0.4 is 19.1 Å². The molecular formula is C36H29N3O6S2. The lowest BCUT2D eigenvalue weighted by Crippen LogP contribution is -2.29. The van der Waals surface area contributed by atoms with Crippen LogP contribution in [0.1, 0.15) is 33.9 Å². The number of aliphatic hydroxyl groups excluding tert-OH is 1. The van der Waals surface area contributed by atoms with Crippen LogP contribution in [0.3, 0.4) is 0 Å². The summed E-state index contributed by atoms with van der Waals surface area (Å²) < 4.78 is 18.1. The van der Waals surface area contributed by atoms with Crippen LogP contribution in [0, 0.1) is 6.92 Å². The molecule has 2 aliphatic rings. The number of rotatable bonds is 9. The Morgan fingerprint density at radius 3 is 2.51 bits per heavy atom. The Balaban J connectivity index is 1.25. The molecule has 0 saturated carbocycles. The monoisotopic (exact) mass is 663 g/mol. The first-order valence-electron chi connectivity index (χ1n) is 14.9. The predicted molar refractivity (Wildman–Crippen MR) is 180 cm³/mol. The van der Waals surface area contributed by atoms with Crippen molar-refractivity contribution in [1.29, 1.82) is 0 Å². The predicted octanol–water partition coefficient (Wildman–Crippen LogP) is 7.12. The molecular weight excluding hydrogens is 635 g/mol. The van der Waals surface area contributed by atoms with E-state index in [4.69, 9.17) is 14.2 Å². The second-order valence-corrected chi connectivity index (χ2v) is 13.2. The molecule has 1 atom stereocenters. The van der Waals surface area contributed by atoms with Crippen molar-refractivity contribution in [2.45, 2.75) is 29.7 Å². The number of benzene rings is 4.